The number of hydrogen-bond donors (Lipinski definition) is 0. The van der Waals surface area contributed by atoms with E-state index >= 15 is 0 Å². The molecule has 4 nitrogen and oxygen atoms in total. The van der Waals surface area contributed by atoms with Crippen molar-refractivity contribution in [2.75, 3.05) is 39.2 Å². The summed E-state index contributed by atoms with van der Waals surface area (Å²) in [5, 5.41) is 0. The van der Waals surface area contributed by atoms with Gasteiger partial charge in [-0.3, -0.25) is 4.79 Å². The quantitative estimate of drug-likeness (QED) is 0.290. The molecule has 0 fully saturated rings. The SMILES string of the molecule is CCCCN(CCCC)c1cccc(C(=O)C=Cc2ccc(OC)c(CN(C)C)c2)c1. The first-order valence-corrected chi connectivity index (χ1v) is 11.4. The molecule has 168 valence electrons. The molecule has 0 amide bonds. The highest BCUT2D eigenvalue weighted by atomic mass is 16.5. The molecule has 0 spiro atoms. The van der Waals surface area contributed by atoms with Gasteiger partial charge in [0.15, 0.2) is 5.78 Å². The number of carbonyl (C=O) groups is 1. The van der Waals surface area contributed by atoms with E-state index in [-0.39, 0.29) is 5.78 Å². The molecule has 0 aliphatic heterocycles. The minimum Gasteiger partial charge on any atom is -0.496 e. The number of unbranched alkanes of at least 4 members (excludes halogenated alkanes) is 2. The van der Waals surface area contributed by atoms with Gasteiger partial charge in [-0.1, -0.05) is 51.0 Å². The molecule has 2 aromatic carbocycles. The molecule has 2 rings (SSSR count). The van der Waals surface area contributed by atoms with Gasteiger partial charge in [-0.25, -0.2) is 0 Å². The molecule has 0 bridgehead atoms. The van der Waals surface area contributed by atoms with Crippen molar-refractivity contribution < 1.29 is 9.53 Å². The van der Waals surface area contributed by atoms with E-state index in [1.165, 1.54) is 12.8 Å². The van der Waals surface area contributed by atoms with Gasteiger partial charge in [-0.15, -0.1) is 0 Å². The monoisotopic (exact) mass is 422 g/mol. The van der Waals surface area contributed by atoms with Crippen LogP contribution in [0.2, 0.25) is 0 Å². The van der Waals surface area contributed by atoms with Crippen LogP contribution in [0.15, 0.2) is 48.5 Å². The normalized spacial score (nSPS) is 11.3. The number of rotatable bonds is 13. The Morgan fingerprint density at radius 3 is 2.32 bits per heavy atom. The smallest absolute Gasteiger partial charge is 0.185 e. The van der Waals surface area contributed by atoms with Crippen LogP contribution in [0, 0.1) is 0 Å². The van der Waals surface area contributed by atoms with Crippen molar-refractivity contribution >= 4 is 17.5 Å². The van der Waals surface area contributed by atoms with E-state index < -0.39 is 0 Å². The van der Waals surface area contributed by atoms with Gasteiger partial charge in [0.05, 0.1) is 7.11 Å². The van der Waals surface area contributed by atoms with Crippen LogP contribution in [0.3, 0.4) is 0 Å². The molecule has 0 saturated heterocycles. The summed E-state index contributed by atoms with van der Waals surface area (Å²) in [6, 6.07) is 14.1. The summed E-state index contributed by atoms with van der Waals surface area (Å²) in [5.74, 6) is 0.891. The van der Waals surface area contributed by atoms with Gasteiger partial charge in [0.2, 0.25) is 0 Å². The number of nitrogens with zero attached hydrogens (tertiary/aromatic N) is 2. The van der Waals surface area contributed by atoms with Gasteiger partial charge in [-0.05, 0) is 62.8 Å². The van der Waals surface area contributed by atoms with Crippen LogP contribution in [-0.4, -0.2) is 45.0 Å². The minimum absolute atomic E-state index is 0.0257. The van der Waals surface area contributed by atoms with Gasteiger partial charge in [0, 0.05) is 36.4 Å². The van der Waals surface area contributed by atoms with Gasteiger partial charge in [-0.2, -0.15) is 0 Å². The van der Waals surface area contributed by atoms with Crippen molar-refractivity contribution in [3.05, 3.63) is 65.2 Å². The summed E-state index contributed by atoms with van der Waals surface area (Å²) in [7, 11) is 5.75. The fourth-order valence-corrected chi connectivity index (χ4v) is 3.56. The number of benzene rings is 2. The van der Waals surface area contributed by atoms with E-state index in [1.54, 1.807) is 13.2 Å². The molecule has 0 radical (unpaired) electrons. The summed E-state index contributed by atoms with van der Waals surface area (Å²) in [6.07, 6.45) is 8.22. The number of hydrogen-bond acceptors (Lipinski definition) is 4. The average molecular weight is 423 g/mol. The highest BCUT2D eigenvalue weighted by Crippen LogP contribution is 2.22. The zero-order valence-electron chi connectivity index (χ0n) is 19.9. The Balaban J connectivity index is 2.18. The molecular formula is C27H38N2O2. The zero-order valence-corrected chi connectivity index (χ0v) is 19.9. The number of ketones is 1. The van der Waals surface area contributed by atoms with Gasteiger partial charge >= 0.3 is 0 Å². The third-order valence-corrected chi connectivity index (χ3v) is 5.28. The lowest BCUT2D eigenvalue weighted by molar-refractivity contribution is 0.104. The van der Waals surface area contributed by atoms with E-state index in [0.717, 1.165) is 60.6 Å². The summed E-state index contributed by atoms with van der Waals surface area (Å²) in [5.41, 5.74) is 3.97. The summed E-state index contributed by atoms with van der Waals surface area (Å²) < 4.78 is 5.47. The molecule has 2 aromatic rings. The van der Waals surface area contributed by atoms with Crippen molar-refractivity contribution in [3.63, 3.8) is 0 Å². The van der Waals surface area contributed by atoms with Crippen molar-refractivity contribution in [2.24, 2.45) is 0 Å². The fourth-order valence-electron chi connectivity index (χ4n) is 3.56. The van der Waals surface area contributed by atoms with Crippen LogP contribution in [0.4, 0.5) is 5.69 Å². The first-order chi connectivity index (χ1) is 15.0. The molecule has 0 saturated carbocycles. The predicted octanol–water partition coefficient (Wildman–Crippen LogP) is 6.06. The lowest BCUT2D eigenvalue weighted by Crippen LogP contribution is -2.25. The Morgan fingerprint density at radius 2 is 1.71 bits per heavy atom. The third kappa shape index (κ3) is 7.87. The molecule has 0 atom stereocenters. The predicted molar refractivity (Wildman–Crippen MR) is 132 cm³/mol. The number of allylic oxidation sites excluding steroid dienone is 1. The van der Waals surface area contributed by atoms with Gasteiger partial charge < -0.3 is 14.5 Å². The molecule has 0 aliphatic rings. The number of ether oxygens (including phenoxy) is 1. The highest BCUT2D eigenvalue weighted by Gasteiger charge is 2.10. The maximum absolute atomic E-state index is 12.9. The lowest BCUT2D eigenvalue weighted by atomic mass is 10.1. The highest BCUT2D eigenvalue weighted by molar-refractivity contribution is 6.07. The minimum atomic E-state index is 0.0257. The number of methoxy groups -OCH3 is 1. The molecule has 0 heterocycles. The molecule has 0 unspecified atom stereocenters. The molecule has 0 N–H and O–H groups in total. The van der Waals surface area contributed by atoms with E-state index in [9.17, 15) is 4.79 Å². The Hall–Kier alpha value is -2.59. The first-order valence-electron chi connectivity index (χ1n) is 11.4. The average Bonchev–Trinajstić information content (AvgIpc) is 2.77. The second-order valence-electron chi connectivity index (χ2n) is 8.25. The van der Waals surface area contributed by atoms with Crippen LogP contribution in [-0.2, 0) is 6.54 Å². The second-order valence-corrected chi connectivity index (χ2v) is 8.25. The van der Waals surface area contributed by atoms with E-state index in [2.05, 4.69) is 35.8 Å². The Morgan fingerprint density at radius 1 is 1.00 bits per heavy atom. The molecule has 0 aromatic heterocycles. The third-order valence-electron chi connectivity index (χ3n) is 5.28. The lowest BCUT2D eigenvalue weighted by Gasteiger charge is -2.25. The number of anilines is 1. The van der Waals surface area contributed by atoms with E-state index in [4.69, 9.17) is 4.74 Å². The van der Waals surface area contributed by atoms with Crippen LogP contribution in [0.1, 0.15) is 61.0 Å². The Labute approximate surface area is 188 Å². The molecule has 31 heavy (non-hydrogen) atoms. The Bertz CT molecular complexity index is 850. The van der Waals surface area contributed by atoms with Crippen LogP contribution >= 0.6 is 0 Å². The maximum atomic E-state index is 12.9. The van der Waals surface area contributed by atoms with Crippen molar-refractivity contribution in [1.82, 2.24) is 4.90 Å². The van der Waals surface area contributed by atoms with Crippen molar-refractivity contribution in [1.29, 1.82) is 0 Å². The fraction of sp³-hybridized carbons (Fsp3) is 0.444. The van der Waals surface area contributed by atoms with Crippen LogP contribution in [0.25, 0.3) is 6.08 Å². The first kappa shape index (κ1) is 24.7. The van der Waals surface area contributed by atoms with Crippen molar-refractivity contribution in [3.8, 4) is 5.75 Å². The van der Waals surface area contributed by atoms with Gasteiger partial charge in [0.25, 0.3) is 0 Å². The molecule has 0 aliphatic carbocycles. The topological polar surface area (TPSA) is 32.8 Å². The molecular weight excluding hydrogens is 384 g/mol. The van der Waals surface area contributed by atoms with Crippen LogP contribution in [0.5, 0.6) is 5.75 Å². The second kappa shape index (κ2) is 13.0. The van der Waals surface area contributed by atoms with E-state index in [1.807, 2.05) is 50.5 Å². The van der Waals surface area contributed by atoms with Gasteiger partial charge in [0.1, 0.15) is 5.75 Å². The van der Waals surface area contributed by atoms with Crippen LogP contribution < -0.4 is 9.64 Å². The summed E-state index contributed by atoms with van der Waals surface area (Å²) >= 11 is 0. The summed E-state index contributed by atoms with van der Waals surface area (Å²) in [6.45, 7) is 7.28. The van der Waals surface area contributed by atoms with E-state index in [0.29, 0.717) is 0 Å². The standard InChI is InChI=1S/C27H38N2O2/c1-6-8-17-29(18-9-7-2)25-12-10-11-23(20-25)26(30)15-13-22-14-16-27(31-5)24(19-22)21-28(3)4/h10-16,19-20H,6-9,17-18,21H2,1-5H3. The number of carbonyl (C=O) groups excluding carboxylic acids is 1. The largest absolute Gasteiger partial charge is 0.496 e. The zero-order chi connectivity index (χ0) is 22.6. The summed E-state index contributed by atoms with van der Waals surface area (Å²) in [4.78, 5) is 17.4. The molecule has 4 heteroatoms. The maximum Gasteiger partial charge on any atom is 0.185 e. The Kier molecular flexibility index (Phi) is 10.3. The van der Waals surface area contributed by atoms with Crippen molar-refractivity contribution in [2.45, 2.75) is 46.1 Å².